The van der Waals surface area contributed by atoms with Crippen LogP contribution in [0.1, 0.15) is 22.0 Å². The lowest BCUT2D eigenvalue weighted by atomic mass is 10.1. The molecule has 0 saturated carbocycles. The maximum atomic E-state index is 13.2. The Labute approximate surface area is 150 Å². The minimum absolute atomic E-state index is 0.0158. The molecule has 7 heteroatoms. The summed E-state index contributed by atoms with van der Waals surface area (Å²) in [4.78, 5) is 27.0. The van der Waals surface area contributed by atoms with Gasteiger partial charge in [0.05, 0.1) is 18.8 Å². The van der Waals surface area contributed by atoms with Crippen LogP contribution in [0.3, 0.4) is 0 Å². The van der Waals surface area contributed by atoms with Crippen molar-refractivity contribution in [2.24, 2.45) is 0 Å². The largest absolute Gasteiger partial charge is 0.444 e. The van der Waals surface area contributed by atoms with Crippen LogP contribution in [0.25, 0.3) is 0 Å². The van der Waals surface area contributed by atoms with Crippen LogP contribution in [0.15, 0.2) is 48.5 Å². The fourth-order valence-electron chi connectivity index (χ4n) is 2.73. The summed E-state index contributed by atoms with van der Waals surface area (Å²) < 4.78 is 23.9. The predicted octanol–water partition coefficient (Wildman–Crippen LogP) is 2.16. The summed E-state index contributed by atoms with van der Waals surface area (Å²) in [5.41, 5.74) is 6.23. The molecule has 1 saturated heterocycles. The molecule has 2 N–H and O–H groups in total. The molecule has 0 aliphatic carbocycles. The molecular weight excluding hydrogens is 339 g/mol. The zero-order chi connectivity index (χ0) is 18.5. The van der Waals surface area contributed by atoms with Crippen LogP contribution in [0.5, 0.6) is 0 Å². The van der Waals surface area contributed by atoms with E-state index in [9.17, 15) is 14.0 Å². The summed E-state index contributed by atoms with van der Waals surface area (Å²) in [5, 5.41) is 0. The van der Waals surface area contributed by atoms with Crippen molar-refractivity contribution in [1.29, 1.82) is 0 Å². The number of carbonyl (C=O) groups excluding carboxylic acids is 2. The molecule has 1 aliphatic heterocycles. The number of hydrogen-bond acceptors (Lipinski definition) is 5. The molecular formula is C19H19FN2O4. The number of nitrogens with two attached hydrogens (primary N) is 1. The Morgan fingerprint density at radius 2 is 1.81 bits per heavy atom. The quantitative estimate of drug-likeness (QED) is 0.669. The second-order valence-corrected chi connectivity index (χ2v) is 5.87. The van der Waals surface area contributed by atoms with Crippen LogP contribution in [0, 0.1) is 5.82 Å². The standard InChI is InChI=1S/C19H19FN2O4/c20-14-6-7-15(16(21)12-14)19(24)26-17(13-4-2-1-3-5-13)18(23)22-8-10-25-11-9-22/h1-7,12,17H,8-11,21H2. The summed E-state index contributed by atoms with van der Waals surface area (Å²) in [7, 11) is 0. The average Bonchev–Trinajstić information content (AvgIpc) is 2.67. The Hall–Kier alpha value is -2.93. The van der Waals surface area contributed by atoms with E-state index in [2.05, 4.69) is 0 Å². The first-order chi connectivity index (χ1) is 12.6. The maximum Gasteiger partial charge on any atom is 0.341 e. The molecule has 0 spiro atoms. The Morgan fingerprint density at radius 1 is 1.12 bits per heavy atom. The number of nitrogen functional groups attached to an aromatic ring is 1. The molecule has 136 valence electrons. The zero-order valence-corrected chi connectivity index (χ0v) is 14.1. The van der Waals surface area contributed by atoms with Gasteiger partial charge in [-0.25, -0.2) is 9.18 Å². The minimum Gasteiger partial charge on any atom is -0.444 e. The Morgan fingerprint density at radius 3 is 2.46 bits per heavy atom. The van der Waals surface area contributed by atoms with Gasteiger partial charge in [0, 0.05) is 24.3 Å². The normalized spacial score (nSPS) is 15.3. The second-order valence-electron chi connectivity index (χ2n) is 5.87. The van der Waals surface area contributed by atoms with Crippen molar-refractivity contribution in [2.45, 2.75) is 6.10 Å². The van der Waals surface area contributed by atoms with E-state index in [1.807, 2.05) is 0 Å². The van der Waals surface area contributed by atoms with E-state index in [0.29, 0.717) is 31.9 Å². The van der Waals surface area contributed by atoms with E-state index >= 15 is 0 Å². The summed E-state index contributed by atoms with van der Waals surface area (Å²) in [6.45, 7) is 1.73. The van der Waals surface area contributed by atoms with Gasteiger partial charge in [-0.05, 0) is 18.2 Å². The molecule has 26 heavy (non-hydrogen) atoms. The molecule has 6 nitrogen and oxygen atoms in total. The van der Waals surface area contributed by atoms with Gasteiger partial charge in [-0.3, -0.25) is 4.79 Å². The number of esters is 1. The maximum absolute atomic E-state index is 13.2. The van der Waals surface area contributed by atoms with Crippen LogP contribution < -0.4 is 5.73 Å². The van der Waals surface area contributed by atoms with E-state index in [0.717, 1.165) is 12.1 Å². The number of rotatable bonds is 4. The fourth-order valence-corrected chi connectivity index (χ4v) is 2.73. The van der Waals surface area contributed by atoms with Gasteiger partial charge in [-0.15, -0.1) is 0 Å². The first-order valence-electron chi connectivity index (χ1n) is 8.24. The summed E-state index contributed by atoms with van der Waals surface area (Å²) in [5.74, 6) is -1.66. The van der Waals surface area contributed by atoms with Crippen molar-refractivity contribution < 1.29 is 23.5 Å². The van der Waals surface area contributed by atoms with Crippen molar-refractivity contribution in [2.75, 3.05) is 32.0 Å². The minimum atomic E-state index is -1.11. The third-order valence-corrected chi connectivity index (χ3v) is 4.11. The molecule has 1 atom stereocenters. The molecule has 3 rings (SSSR count). The molecule has 0 aromatic heterocycles. The molecule has 1 fully saturated rings. The second kappa shape index (κ2) is 7.97. The highest BCUT2D eigenvalue weighted by Crippen LogP contribution is 2.24. The lowest BCUT2D eigenvalue weighted by molar-refractivity contribution is -0.145. The molecule has 1 heterocycles. The highest BCUT2D eigenvalue weighted by atomic mass is 19.1. The number of carbonyl (C=O) groups is 2. The Balaban J connectivity index is 1.85. The van der Waals surface area contributed by atoms with Crippen molar-refractivity contribution in [1.82, 2.24) is 4.90 Å². The van der Waals surface area contributed by atoms with Gasteiger partial charge in [0.2, 0.25) is 6.10 Å². The number of amides is 1. The third-order valence-electron chi connectivity index (χ3n) is 4.11. The van der Waals surface area contributed by atoms with Crippen LogP contribution in [0.4, 0.5) is 10.1 Å². The Kier molecular flexibility index (Phi) is 5.48. The Bertz CT molecular complexity index is 791. The van der Waals surface area contributed by atoms with E-state index in [4.69, 9.17) is 15.2 Å². The van der Waals surface area contributed by atoms with Gasteiger partial charge in [0.25, 0.3) is 5.91 Å². The average molecular weight is 358 g/mol. The molecule has 1 amide bonds. The van der Waals surface area contributed by atoms with Crippen LogP contribution in [-0.4, -0.2) is 43.1 Å². The van der Waals surface area contributed by atoms with Gasteiger partial charge < -0.3 is 20.1 Å². The fraction of sp³-hybridized carbons (Fsp3) is 0.263. The van der Waals surface area contributed by atoms with Crippen LogP contribution in [0.2, 0.25) is 0 Å². The summed E-state index contributed by atoms with van der Waals surface area (Å²) in [6.07, 6.45) is -1.11. The number of benzene rings is 2. The van der Waals surface area contributed by atoms with Gasteiger partial charge in [-0.2, -0.15) is 0 Å². The van der Waals surface area contributed by atoms with E-state index in [1.165, 1.54) is 6.07 Å². The third kappa shape index (κ3) is 4.00. The number of morpholine rings is 1. The molecule has 2 aromatic carbocycles. The van der Waals surface area contributed by atoms with Crippen LogP contribution >= 0.6 is 0 Å². The molecule has 0 bridgehead atoms. The molecule has 0 radical (unpaired) electrons. The number of ether oxygens (including phenoxy) is 2. The van der Waals surface area contributed by atoms with Gasteiger partial charge in [-0.1, -0.05) is 30.3 Å². The molecule has 1 unspecified atom stereocenters. The van der Waals surface area contributed by atoms with Gasteiger partial charge in [0.1, 0.15) is 5.82 Å². The first-order valence-corrected chi connectivity index (χ1v) is 8.24. The summed E-state index contributed by atoms with van der Waals surface area (Å²) >= 11 is 0. The number of anilines is 1. The van der Waals surface area contributed by atoms with E-state index < -0.39 is 17.9 Å². The number of hydrogen-bond donors (Lipinski definition) is 1. The van der Waals surface area contributed by atoms with E-state index in [-0.39, 0.29) is 17.2 Å². The van der Waals surface area contributed by atoms with Gasteiger partial charge >= 0.3 is 5.97 Å². The molecule has 2 aromatic rings. The lowest BCUT2D eigenvalue weighted by Gasteiger charge is -2.30. The topological polar surface area (TPSA) is 81.9 Å². The predicted molar refractivity (Wildman–Crippen MR) is 92.8 cm³/mol. The zero-order valence-electron chi connectivity index (χ0n) is 14.1. The number of halogens is 1. The highest BCUT2D eigenvalue weighted by Gasteiger charge is 2.31. The van der Waals surface area contributed by atoms with E-state index in [1.54, 1.807) is 35.2 Å². The smallest absolute Gasteiger partial charge is 0.341 e. The van der Waals surface area contributed by atoms with Crippen LogP contribution in [-0.2, 0) is 14.3 Å². The SMILES string of the molecule is Nc1cc(F)ccc1C(=O)OC(C(=O)N1CCOCC1)c1ccccc1. The highest BCUT2D eigenvalue weighted by molar-refractivity contribution is 5.97. The first kappa shape index (κ1) is 17.9. The van der Waals surface area contributed by atoms with Crippen molar-refractivity contribution in [3.05, 3.63) is 65.5 Å². The monoisotopic (exact) mass is 358 g/mol. The molecule has 1 aliphatic rings. The lowest BCUT2D eigenvalue weighted by Crippen LogP contribution is -2.44. The number of nitrogens with zero attached hydrogens (tertiary/aromatic N) is 1. The van der Waals surface area contributed by atoms with Gasteiger partial charge in [0.15, 0.2) is 0 Å². The van der Waals surface area contributed by atoms with Crippen molar-refractivity contribution in [3.63, 3.8) is 0 Å². The van der Waals surface area contributed by atoms with Crippen molar-refractivity contribution in [3.8, 4) is 0 Å². The summed E-state index contributed by atoms with van der Waals surface area (Å²) in [6, 6.07) is 12.2. The van der Waals surface area contributed by atoms with Crippen molar-refractivity contribution >= 4 is 17.6 Å².